The molecule has 2 aromatic carbocycles. The number of aliphatic hydroxyl groups is 1. The molecule has 2 aliphatic rings. The maximum atomic E-state index is 14.3. The lowest BCUT2D eigenvalue weighted by atomic mass is 9.81. The van der Waals surface area contributed by atoms with Crippen LogP contribution in [0.4, 0.5) is 9.18 Å². The number of carbonyl (C=O) groups excluding carboxylic acids is 2. The fraction of sp³-hybridized carbons (Fsp3) is 0.385. The second-order valence-electron chi connectivity index (χ2n) is 9.54. The molecule has 0 saturated carbocycles. The fourth-order valence-electron chi connectivity index (χ4n) is 5.56. The molecule has 1 fully saturated rings. The van der Waals surface area contributed by atoms with Gasteiger partial charge in [0.1, 0.15) is 23.1 Å². The molecule has 8 nitrogen and oxygen atoms in total. The molecule has 2 atom stereocenters. The summed E-state index contributed by atoms with van der Waals surface area (Å²) < 4.78 is 14.3. The number of aromatic hydroxyl groups is 1. The number of likely N-dealkylation sites (N-methyl/N-ethyl adjacent to an activating group) is 1. The number of benzene rings is 2. The number of amides is 3. The van der Waals surface area contributed by atoms with Crippen molar-refractivity contribution in [1.82, 2.24) is 19.7 Å². The first-order valence-electron chi connectivity index (χ1n) is 12.0. The summed E-state index contributed by atoms with van der Waals surface area (Å²) in [7, 11) is 0. The highest BCUT2D eigenvalue weighted by atomic mass is 35.5. The summed E-state index contributed by atoms with van der Waals surface area (Å²) >= 11 is 6.11. The molecular weight excluding hydrogens is 487 g/mol. The largest absolute Gasteiger partial charge is 0.508 e. The van der Waals surface area contributed by atoms with Crippen LogP contribution in [0.5, 0.6) is 5.75 Å². The molecule has 36 heavy (non-hydrogen) atoms. The number of phenols is 1. The average molecular weight is 515 g/mol. The van der Waals surface area contributed by atoms with E-state index in [1.165, 1.54) is 17.0 Å². The molecule has 1 saturated heterocycles. The van der Waals surface area contributed by atoms with Gasteiger partial charge in [0.2, 0.25) is 0 Å². The Bertz CT molecular complexity index is 1360. The van der Waals surface area contributed by atoms with E-state index < -0.39 is 23.4 Å². The SMILES string of the molecule is CCN(CCO)CCN1C(=O)N2[C@H](c3cccc(O)c3)c3[nH]c4cc(F)c(Cl)cc4c3C[C@@]2(C)C1=O. The van der Waals surface area contributed by atoms with Gasteiger partial charge in [-0.25, -0.2) is 9.18 Å². The summed E-state index contributed by atoms with van der Waals surface area (Å²) in [5, 5.41) is 20.2. The van der Waals surface area contributed by atoms with Crippen molar-refractivity contribution < 1.29 is 24.2 Å². The van der Waals surface area contributed by atoms with E-state index in [0.717, 1.165) is 5.56 Å². The first kappa shape index (κ1) is 24.5. The van der Waals surface area contributed by atoms with Gasteiger partial charge in [-0.05, 0) is 48.9 Å². The van der Waals surface area contributed by atoms with Gasteiger partial charge in [-0.1, -0.05) is 30.7 Å². The molecule has 3 aromatic rings. The Morgan fingerprint density at radius 2 is 2.03 bits per heavy atom. The van der Waals surface area contributed by atoms with Crippen LogP contribution >= 0.6 is 11.6 Å². The first-order valence-corrected chi connectivity index (χ1v) is 12.3. The monoisotopic (exact) mass is 514 g/mol. The standard InChI is InChI=1S/C26H28ClFN4O4/c1-3-30(9-10-33)7-8-31-24(35)26(2)14-18-17-12-19(27)20(28)13-21(17)29-22(18)23(32(26)25(31)36)15-5-4-6-16(34)11-15/h4-6,11-13,23,29,33-34H,3,7-10,14H2,1-2H3/t23-,26+/m1/s1. The van der Waals surface area contributed by atoms with Crippen molar-refractivity contribution in [3.05, 3.63) is 64.1 Å². The maximum Gasteiger partial charge on any atom is 0.328 e. The van der Waals surface area contributed by atoms with E-state index in [9.17, 15) is 24.2 Å². The molecule has 1 aromatic heterocycles. The zero-order chi connectivity index (χ0) is 25.8. The van der Waals surface area contributed by atoms with Gasteiger partial charge in [0.25, 0.3) is 5.91 Å². The number of imide groups is 1. The van der Waals surface area contributed by atoms with E-state index in [1.54, 1.807) is 36.1 Å². The van der Waals surface area contributed by atoms with Crippen LogP contribution in [0.3, 0.4) is 0 Å². The average Bonchev–Trinajstić information content (AvgIpc) is 3.27. The molecule has 3 amide bonds. The molecule has 2 aliphatic heterocycles. The van der Waals surface area contributed by atoms with Crippen molar-refractivity contribution in [1.29, 1.82) is 0 Å². The fourth-order valence-corrected chi connectivity index (χ4v) is 5.72. The van der Waals surface area contributed by atoms with Gasteiger partial charge in [-0.2, -0.15) is 0 Å². The van der Waals surface area contributed by atoms with E-state index in [4.69, 9.17) is 11.6 Å². The van der Waals surface area contributed by atoms with Crippen molar-refractivity contribution >= 4 is 34.4 Å². The van der Waals surface area contributed by atoms with Crippen LogP contribution in [0.25, 0.3) is 10.9 Å². The predicted octanol–water partition coefficient (Wildman–Crippen LogP) is 3.65. The lowest BCUT2D eigenvalue weighted by Crippen LogP contribution is -2.53. The minimum atomic E-state index is -1.19. The second-order valence-corrected chi connectivity index (χ2v) is 9.95. The highest BCUT2D eigenvalue weighted by molar-refractivity contribution is 6.31. The summed E-state index contributed by atoms with van der Waals surface area (Å²) in [6.07, 6.45) is 0.231. The first-order chi connectivity index (χ1) is 17.2. The zero-order valence-corrected chi connectivity index (χ0v) is 20.8. The number of hydrogen-bond donors (Lipinski definition) is 3. The zero-order valence-electron chi connectivity index (χ0n) is 20.1. The minimum absolute atomic E-state index is 0.00990. The molecule has 0 radical (unpaired) electrons. The van der Waals surface area contributed by atoms with Crippen LogP contribution < -0.4 is 0 Å². The van der Waals surface area contributed by atoms with Crippen molar-refractivity contribution in [2.45, 2.75) is 31.8 Å². The Morgan fingerprint density at radius 1 is 1.25 bits per heavy atom. The van der Waals surface area contributed by atoms with Gasteiger partial charge in [-0.15, -0.1) is 0 Å². The number of aromatic nitrogens is 1. The van der Waals surface area contributed by atoms with Gasteiger partial charge in [0, 0.05) is 42.7 Å². The number of halogens is 2. The van der Waals surface area contributed by atoms with Crippen LogP contribution in [-0.2, 0) is 11.2 Å². The molecule has 0 aliphatic carbocycles. The molecule has 10 heteroatoms. The quantitative estimate of drug-likeness (QED) is 0.418. The highest BCUT2D eigenvalue weighted by Gasteiger charge is 2.60. The summed E-state index contributed by atoms with van der Waals surface area (Å²) in [6, 6.07) is 8.32. The number of nitrogens with one attached hydrogen (secondary N) is 1. The van der Waals surface area contributed by atoms with Crippen molar-refractivity contribution in [2.24, 2.45) is 0 Å². The van der Waals surface area contributed by atoms with E-state index in [-0.39, 0.29) is 36.3 Å². The number of nitrogens with zero attached hydrogens (tertiary/aromatic N) is 3. The minimum Gasteiger partial charge on any atom is -0.508 e. The number of aliphatic hydroxyl groups excluding tert-OH is 1. The molecule has 3 N–H and O–H groups in total. The van der Waals surface area contributed by atoms with Crippen LogP contribution in [0.1, 0.15) is 36.7 Å². The number of phenolic OH excluding ortho intramolecular Hbond substituents is 1. The topological polar surface area (TPSA) is 100 Å². The highest BCUT2D eigenvalue weighted by Crippen LogP contribution is 2.49. The molecule has 0 spiro atoms. The smallest absolute Gasteiger partial charge is 0.328 e. The summed E-state index contributed by atoms with van der Waals surface area (Å²) in [5.74, 6) is -0.847. The Kier molecular flexibility index (Phi) is 6.18. The van der Waals surface area contributed by atoms with Crippen molar-refractivity contribution in [3.63, 3.8) is 0 Å². The third kappa shape index (κ3) is 3.73. The number of H-pyrrole nitrogens is 1. The van der Waals surface area contributed by atoms with E-state index in [1.807, 2.05) is 11.8 Å². The molecule has 3 heterocycles. The number of hydrogen-bond acceptors (Lipinski definition) is 5. The molecular formula is C26H28ClFN4O4. The lowest BCUT2D eigenvalue weighted by Gasteiger charge is -2.42. The van der Waals surface area contributed by atoms with E-state index in [2.05, 4.69) is 4.98 Å². The number of urea groups is 1. The number of aromatic amines is 1. The van der Waals surface area contributed by atoms with Gasteiger partial charge < -0.3 is 15.2 Å². The van der Waals surface area contributed by atoms with Crippen molar-refractivity contribution in [2.75, 3.05) is 32.8 Å². The molecule has 0 bridgehead atoms. The Morgan fingerprint density at radius 3 is 2.72 bits per heavy atom. The van der Waals surface area contributed by atoms with Crippen LogP contribution in [-0.4, -0.2) is 80.2 Å². The lowest BCUT2D eigenvalue weighted by molar-refractivity contribution is -0.133. The Balaban J connectivity index is 1.63. The third-order valence-corrected chi connectivity index (χ3v) is 7.69. The van der Waals surface area contributed by atoms with E-state index in [0.29, 0.717) is 41.8 Å². The molecule has 0 unspecified atom stereocenters. The van der Waals surface area contributed by atoms with Gasteiger partial charge >= 0.3 is 6.03 Å². The summed E-state index contributed by atoms with van der Waals surface area (Å²) in [4.78, 5) is 35.7. The molecule has 5 rings (SSSR count). The number of rotatable bonds is 7. The van der Waals surface area contributed by atoms with Crippen LogP contribution in [0.15, 0.2) is 36.4 Å². The normalized spacial score (nSPS) is 21.6. The predicted molar refractivity (Wildman–Crippen MR) is 133 cm³/mol. The van der Waals surface area contributed by atoms with E-state index >= 15 is 0 Å². The summed E-state index contributed by atoms with van der Waals surface area (Å²) in [6.45, 7) is 5.46. The second kappa shape index (κ2) is 9.06. The number of fused-ring (bicyclic) bond motifs is 4. The van der Waals surface area contributed by atoms with Gasteiger partial charge in [0.05, 0.1) is 11.6 Å². The molecule has 190 valence electrons. The van der Waals surface area contributed by atoms with Crippen LogP contribution in [0, 0.1) is 5.82 Å². The van der Waals surface area contributed by atoms with Crippen LogP contribution in [0.2, 0.25) is 5.02 Å². The third-order valence-electron chi connectivity index (χ3n) is 7.40. The summed E-state index contributed by atoms with van der Waals surface area (Å²) in [5.41, 5.74) is 1.41. The Hall–Kier alpha value is -3.14. The number of carbonyl (C=O) groups is 2. The van der Waals surface area contributed by atoms with Gasteiger partial charge in [-0.3, -0.25) is 19.5 Å². The Labute approximate surface area is 212 Å². The van der Waals surface area contributed by atoms with Gasteiger partial charge in [0.15, 0.2) is 0 Å². The maximum absolute atomic E-state index is 14.3. The van der Waals surface area contributed by atoms with Crippen molar-refractivity contribution in [3.8, 4) is 5.75 Å².